The molecular formula is C24H29ClN2O5S. The molecule has 0 fully saturated rings. The van der Waals surface area contributed by atoms with E-state index in [0.29, 0.717) is 10.6 Å². The van der Waals surface area contributed by atoms with E-state index < -0.39 is 34.0 Å². The van der Waals surface area contributed by atoms with Crippen LogP contribution in [-0.2, 0) is 14.8 Å². The number of hydrogen-bond donors (Lipinski definition) is 1. The SMILES string of the molecule is Cc1ccc2c(c1C)C(C)[C@@H](C(=O)O)N1C2COc2c(ccc(Cl)c2C(C)N(C)C)S1(=O)=O. The van der Waals surface area contributed by atoms with Gasteiger partial charge in [0, 0.05) is 22.5 Å². The molecule has 2 aromatic carbocycles. The molecule has 0 aliphatic carbocycles. The summed E-state index contributed by atoms with van der Waals surface area (Å²) in [6, 6.07) is 4.56. The zero-order valence-electron chi connectivity index (χ0n) is 19.6. The summed E-state index contributed by atoms with van der Waals surface area (Å²) in [5, 5.41) is 10.6. The summed E-state index contributed by atoms with van der Waals surface area (Å²) >= 11 is 6.51. The maximum absolute atomic E-state index is 14.1. The van der Waals surface area contributed by atoms with E-state index in [4.69, 9.17) is 16.3 Å². The molecule has 2 aliphatic rings. The van der Waals surface area contributed by atoms with Crippen LogP contribution in [0, 0.1) is 13.8 Å². The topological polar surface area (TPSA) is 87.2 Å². The first-order valence-corrected chi connectivity index (χ1v) is 12.7. The number of hydrogen-bond acceptors (Lipinski definition) is 5. The first-order valence-electron chi connectivity index (χ1n) is 10.9. The molecule has 4 rings (SSSR count). The summed E-state index contributed by atoms with van der Waals surface area (Å²) in [5.41, 5.74) is 4.26. The highest BCUT2D eigenvalue weighted by atomic mass is 35.5. The number of carbonyl (C=O) groups is 1. The second-order valence-corrected chi connectivity index (χ2v) is 11.4. The number of aryl methyl sites for hydroxylation is 1. The molecule has 7 nitrogen and oxygen atoms in total. The smallest absolute Gasteiger partial charge is 0.322 e. The van der Waals surface area contributed by atoms with Gasteiger partial charge in [0.05, 0.1) is 6.04 Å². The van der Waals surface area contributed by atoms with Crippen LogP contribution in [0.4, 0.5) is 0 Å². The lowest BCUT2D eigenvalue weighted by molar-refractivity contribution is -0.143. The van der Waals surface area contributed by atoms with Gasteiger partial charge in [-0.1, -0.05) is 30.7 Å². The molecule has 1 N–H and O–H groups in total. The average Bonchev–Trinajstić information content (AvgIpc) is 2.84. The third-order valence-corrected chi connectivity index (χ3v) is 9.43. The molecule has 0 spiro atoms. The molecule has 0 saturated carbocycles. The van der Waals surface area contributed by atoms with Crippen LogP contribution in [-0.4, -0.2) is 55.4 Å². The lowest BCUT2D eigenvalue weighted by Crippen LogP contribution is -2.53. The van der Waals surface area contributed by atoms with Crippen molar-refractivity contribution >= 4 is 27.6 Å². The van der Waals surface area contributed by atoms with Crippen LogP contribution in [0.25, 0.3) is 0 Å². The molecule has 2 aliphatic heterocycles. The van der Waals surface area contributed by atoms with Crippen LogP contribution in [0.5, 0.6) is 5.75 Å². The minimum atomic E-state index is -4.22. The van der Waals surface area contributed by atoms with E-state index in [1.54, 1.807) is 13.0 Å². The maximum atomic E-state index is 14.1. The van der Waals surface area contributed by atoms with Gasteiger partial charge in [-0.15, -0.1) is 0 Å². The zero-order chi connectivity index (χ0) is 24.4. The van der Waals surface area contributed by atoms with Gasteiger partial charge < -0.3 is 14.7 Å². The summed E-state index contributed by atoms with van der Waals surface area (Å²) in [4.78, 5) is 14.3. The highest BCUT2D eigenvalue weighted by Crippen LogP contribution is 2.50. The van der Waals surface area contributed by atoms with Gasteiger partial charge in [0.15, 0.2) is 0 Å². The van der Waals surface area contributed by atoms with Gasteiger partial charge in [0.1, 0.15) is 23.3 Å². The molecule has 33 heavy (non-hydrogen) atoms. The Hall–Kier alpha value is -2.13. The van der Waals surface area contributed by atoms with Crippen molar-refractivity contribution in [2.45, 2.75) is 56.6 Å². The van der Waals surface area contributed by atoms with E-state index >= 15 is 0 Å². The Kier molecular flexibility index (Phi) is 6.02. The first kappa shape index (κ1) is 24.0. The predicted octanol–water partition coefficient (Wildman–Crippen LogP) is 4.27. The molecule has 0 bridgehead atoms. The van der Waals surface area contributed by atoms with Crippen molar-refractivity contribution < 1.29 is 23.1 Å². The van der Waals surface area contributed by atoms with Gasteiger partial charge in [-0.25, -0.2) is 8.42 Å². The lowest BCUT2D eigenvalue weighted by atomic mass is 9.79. The Morgan fingerprint density at radius 2 is 1.91 bits per heavy atom. The second kappa shape index (κ2) is 8.27. The molecule has 4 atom stereocenters. The van der Waals surface area contributed by atoms with Gasteiger partial charge in [0.2, 0.25) is 10.0 Å². The maximum Gasteiger partial charge on any atom is 0.322 e. The molecule has 0 amide bonds. The van der Waals surface area contributed by atoms with Crippen molar-refractivity contribution in [1.29, 1.82) is 0 Å². The van der Waals surface area contributed by atoms with Gasteiger partial charge in [-0.3, -0.25) is 4.79 Å². The van der Waals surface area contributed by atoms with Gasteiger partial charge in [-0.05, 0) is 69.3 Å². The monoisotopic (exact) mass is 492 g/mol. The number of carboxylic acid groups (broad SMARTS) is 1. The number of carboxylic acids is 1. The summed E-state index contributed by atoms with van der Waals surface area (Å²) in [6.45, 7) is 7.61. The van der Waals surface area contributed by atoms with Crippen molar-refractivity contribution in [3.05, 3.63) is 57.1 Å². The highest BCUT2D eigenvalue weighted by Gasteiger charge is 2.52. The van der Waals surface area contributed by atoms with E-state index in [9.17, 15) is 18.3 Å². The van der Waals surface area contributed by atoms with Crippen molar-refractivity contribution in [2.24, 2.45) is 0 Å². The second-order valence-electron chi connectivity index (χ2n) is 9.17. The summed E-state index contributed by atoms with van der Waals surface area (Å²) in [7, 11) is -0.474. The summed E-state index contributed by atoms with van der Waals surface area (Å²) in [6.07, 6.45) is 0. The largest absolute Gasteiger partial charge is 0.490 e. The predicted molar refractivity (Wildman–Crippen MR) is 127 cm³/mol. The van der Waals surface area contributed by atoms with Gasteiger partial charge >= 0.3 is 5.97 Å². The van der Waals surface area contributed by atoms with Crippen molar-refractivity contribution in [3.63, 3.8) is 0 Å². The Labute approximate surface area is 200 Å². The van der Waals surface area contributed by atoms with E-state index in [1.165, 1.54) is 6.07 Å². The fourth-order valence-electron chi connectivity index (χ4n) is 5.10. The number of nitrogens with zero attached hydrogens (tertiary/aromatic N) is 2. The quantitative estimate of drug-likeness (QED) is 0.688. The van der Waals surface area contributed by atoms with Crippen molar-refractivity contribution in [1.82, 2.24) is 9.21 Å². The molecule has 0 radical (unpaired) electrons. The van der Waals surface area contributed by atoms with Crippen LogP contribution in [0.2, 0.25) is 5.02 Å². The average molecular weight is 493 g/mol. The van der Waals surface area contributed by atoms with Crippen LogP contribution in [0.1, 0.15) is 59.7 Å². The minimum absolute atomic E-state index is 0.00821. The van der Waals surface area contributed by atoms with E-state index in [1.807, 2.05) is 51.9 Å². The molecule has 3 unspecified atom stereocenters. The molecule has 2 heterocycles. The number of halogens is 1. The van der Waals surface area contributed by atoms with E-state index in [-0.39, 0.29) is 23.3 Å². The number of aliphatic carboxylic acids is 1. The number of benzene rings is 2. The molecular weight excluding hydrogens is 464 g/mol. The number of ether oxygens (including phenoxy) is 1. The van der Waals surface area contributed by atoms with E-state index in [2.05, 4.69) is 0 Å². The van der Waals surface area contributed by atoms with Crippen molar-refractivity contribution in [3.8, 4) is 5.75 Å². The first-order chi connectivity index (χ1) is 15.4. The fourth-order valence-corrected chi connectivity index (χ4v) is 7.35. The summed E-state index contributed by atoms with van der Waals surface area (Å²) < 4.78 is 35.5. The number of sulfonamides is 1. The standard InChI is InChI=1S/C24H29ClN2O5S/c1-12-7-8-16-18-11-32-23-19(10-9-17(25)21(23)15(4)26(5)6)33(30,31)27(18)22(24(28)29)14(3)20(16)13(12)2/h7-10,14-15,18,22H,11H2,1-6H3,(H,28,29)/t14?,15?,18?,22-/m0/s1. The zero-order valence-corrected chi connectivity index (χ0v) is 21.2. The normalized spacial score (nSPS) is 24.8. The molecule has 178 valence electrons. The van der Waals surface area contributed by atoms with Crippen molar-refractivity contribution in [2.75, 3.05) is 20.7 Å². The van der Waals surface area contributed by atoms with Gasteiger partial charge in [0.25, 0.3) is 0 Å². The van der Waals surface area contributed by atoms with Crippen LogP contribution < -0.4 is 4.74 Å². The third kappa shape index (κ3) is 3.55. The number of fused-ring (bicyclic) bond motifs is 4. The molecule has 9 heteroatoms. The lowest BCUT2D eigenvalue weighted by Gasteiger charge is -2.42. The van der Waals surface area contributed by atoms with Crippen LogP contribution >= 0.6 is 11.6 Å². The summed E-state index contributed by atoms with van der Waals surface area (Å²) in [5.74, 6) is -1.51. The van der Waals surface area contributed by atoms with E-state index in [0.717, 1.165) is 26.6 Å². The highest BCUT2D eigenvalue weighted by molar-refractivity contribution is 7.89. The molecule has 0 aromatic heterocycles. The third-order valence-electron chi connectivity index (χ3n) is 7.18. The van der Waals surface area contributed by atoms with Gasteiger partial charge in [-0.2, -0.15) is 4.31 Å². The fraction of sp³-hybridized carbons (Fsp3) is 0.458. The number of rotatable bonds is 3. The Morgan fingerprint density at radius 1 is 1.24 bits per heavy atom. The Bertz CT molecular complexity index is 1240. The molecule has 2 aromatic rings. The minimum Gasteiger partial charge on any atom is -0.490 e. The Balaban J connectivity index is 2.02. The van der Waals surface area contributed by atoms with Crippen LogP contribution in [0.15, 0.2) is 29.2 Å². The van der Waals surface area contributed by atoms with Crippen LogP contribution in [0.3, 0.4) is 0 Å². The Morgan fingerprint density at radius 3 is 2.52 bits per heavy atom. The molecule has 0 saturated heterocycles.